The molecule has 0 saturated heterocycles. The fourth-order valence-electron chi connectivity index (χ4n) is 2.67. The van der Waals surface area contributed by atoms with Crippen molar-refractivity contribution in [3.8, 4) is 5.75 Å². The number of hydrogen-bond acceptors (Lipinski definition) is 4. The average molecular weight is 273 g/mol. The van der Waals surface area contributed by atoms with Crippen molar-refractivity contribution in [3.63, 3.8) is 0 Å². The van der Waals surface area contributed by atoms with Crippen molar-refractivity contribution in [2.24, 2.45) is 5.92 Å². The zero-order chi connectivity index (χ0) is 13.9. The molecule has 106 valence electrons. The normalized spacial score (nSPS) is 17.8. The Morgan fingerprint density at radius 3 is 3.05 bits per heavy atom. The number of aliphatic hydroxyl groups excluding tert-OH is 1. The van der Waals surface area contributed by atoms with Gasteiger partial charge in [-0.05, 0) is 12.5 Å². The van der Waals surface area contributed by atoms with Crippen LogP contribution < -0.4 is 4.74 Å². The Bertz CT molecular complexity index is 595. The number of benzene rings is 1. The number of hydrogen-bond donors (Lipinski definition) is 1. The lowest BCUT2D eigenvalue weighted by Gasteiger charge is -2.19. The molecule has 1 unspecified atom stereocenters. The first-order valence-electron chi connectivity index (χ1n) is 6.95. The van der Waals surface area contributed by atoms with E-state index in [1.807, 2.05) is 28.9 Å². The monoisotopic (exact) mass is 273 g/mol. The second-order valence-corrected chi connectivity index (χ2v) is 5.20. The Balaban J connectivity index is 1.81. The molecule has 1 N–H and O–H groups in total. The van der Waals surface area contributed by atoms with Crippen LogP contribution >= 0.6 is 0 Å². The van der Waals surface area contributed by atoms with E-state index < -0.39 is 0 Å². The second-order valence-electron chi connectivity index (χ2n) is 5.20. The standard InChI is InChI=1S/C15H19N3O2/c1-20-13-5-3-2-4-12(13)8-14-16-15-7-6-11(10-19)9-18(15)17-14/h2-5,11,19H,6-10H2,1H3. The van der Waals surface area contributed by atoms with Gasteiger partial charge >= 0.3 is 0 Å². The van der Waals surface area contributed by atoms with Crippen molar-refractivity contribution in [2.45, 2.75) is 25.8 Å². The highest BCUT2D eigenvalue weighted by atomic mass is 16.5. The van der Waals surface area contributed by atoms with Gasteiger partial charge in [0.15, 0.2) is 5.82 Å². The highest BCUT2D eigenvalue weighted by Gasteiger charge is 2.21. The van der Waals surface area contributed by atoms with Crippen molar-refractivity contribution in [2.75, 3.05) is 13.7 Å². The molecule has 1 aliphatic rings. The van der Waals surface area contributed by atoms with Gasteiger partial charge in [-0.25, -0.2) is 9.67 Å². The van der Waals surface area contributed by atoms with Gasteiger partial charge in [-0.2, -0.15) is 5.10 Å². The SMILES string of the molecule is COc1ccccc1Cc1nc2n(n1)CC(CO)CC2. The Morgan fingerprint density at radius 2 is 2.25 bits per heavy atom. The Labute approximate surface area is 118 Å². The van der Waals surface area contributed by atoms with E-state index in [4.69, 9.17) is 4.74 Å². The molecular formula is C15H19N3O2. The van der Waals surface area contributed by atoms with Gasteiger partial charge in [0.1, 0.15) is 11.6 Å². The van der Waals surface area contributed by atoms with Crippen molar-refractivity contribution in [1.82, 2.24) is 14.8 Å². The van der Waals surface area contributed by atoms with Gasteiger partial charge in [-0.3, -0.25) is 0 Å². The smallest absolute Gasteiger partial charge is 0.155 e. The zero-order valence-corrected chi connectivity index (χ0v) is 11.6. The van der Waals surface area contributed by atoms with Crippen LogP contribution in [0, 0.1) is 5.92 Å². The summed E-state index contributed by atoms with van der Waals surface area (Å²) in [5.41, 5.74) is 1.09. The second kappa shape index (κ2) is 5.63. The summed E-state index contributed by atoms with van der Waals surface area (Å²) in [7, 11) is 1.68. The minimum absolute atomic E-state index is 0.223. The first-order valence-corrected chi connectivity index (χ1v) is 6.95. The van der Waals surface area contributed by atoms with Crippen molar-refractivity contribution in [1.29, 1.82) is 0 Å². The van der Waals surface area contributed by atoms with E-state index >= 15 is 0 Å². The van der Waals surface area contributed by atoms with Gasteiger partial charge in [0.25, 0.3) is 0 Å². The van der Waals surface area contributed by atoms with E-state index in [2.05, 4.69) is 10.1 Å². The highest BCUT2D eigenvalue weighted by molar-refractivity contribution is 5.35. The fraction of sp³-hybridized carbons (Fsp3) is 0.467. The van der Waals surface area contributed by atoms with Gasteiger partial charge in [-0.15, -0.1) is 0 Å². The molecule has 0 radical (unpaired) electrons. The molecular weight excluding hydrogens is 254 g/mol. The van der Waals surface area contributed by atoms with Crippen LogP contribution in [0.4, 0.5) is 0 Å². The number of aromatic nitrogens is 3. The molecule has 1 atom stereocenters. The third-order valence-electron chi connectivity index (χ3n) is 3.80. The zero-order valence-electron chi connectivity index (χ0n) is 11.6. The number of aliphatic hydroxyl groups is 1. The summed E-state index contributed by atoms with van der Waals surface area (Å²) in [6.07, 6.45) is 2.56. The van der Waals surface area contributed by atoms with Crippen LogP contribution in [0.15, 0.2) is 24.3 Å². The summed E-state index contributed by atoms with van der Waals surface area (Å²) in [6, 6.07) is 7.94. The molecule has 1 aromatic carbocycles. The largest absolute Gasteiger partial charge is 0.496 e. The fourth-order valence-corrected chi connectivity index (χ4v) is 2.67. The number of methoxy groups -OCH3 is 1. The predicted octanol–water partition coefficient (Wildman–Crippen LogP) is 1.43. The lowest BCUT2D eigenvalue weighted by atomic mass is 10.0. The Hall–Kier alpha value is -1.88. The number of rotatable bonds is 4. The van der Waals surface area contributed by atoms with Crippen molar-refractivity contribution in [3.05, 3.63) is 41.5 Å². The summed E-state index contributed by atoms with van der Waals surface area (Å²) >= 11 is 0. The molecule has 20 heavy (non-hydrogen) atoms. The van der Waals surface area contributed by atoms with Crippen LogP contribution in [0.5, 0.6) is 5.75 Å². The summed E-state index contributed by atoms with van der Waals surface area (Å²) in [6.45, 7) is 0.992. The molecule has 0 amide bonds. The van der Waals surface area contributed by atoms with Crippen LogP contribution in [0.25, 0.3) is 0 Å². The minimum Gasteiger partial charge on any atom is -0.496 e. The maximum atomic E-state index is 9.25. The van der Waals surface area contributed by atoms with Gasteiger partial charge in [-0.1, -0.05) is 18.2 Å². The molecule has 0 saturated carbocycles. The van der Waals surface area contributed by atoms with Crippen LogP contribution in [-0.4, -0.2) is 33.6 Å². The number of ether oxygens (including phenoxy) is 1. The number of para-hydroxylation sites is 1. The number of nitrogens with zero attached hydrogens (tertiary/aromatic N) is 3. The van der Waals surface area contributed by atoms with Crippen molar-refractivity contribution < 1.29 is 9.84 Å². The van der Waals surface area contributed by atoms with Crippen LogP contribution in [0.1, 0.15) is 23.6 Å². The molecule has 1 aliphatic heterocycles. The first kappa shape index (κ1) is 13.1. The third kappa shape index (κ3) is 2.54. The molecule has 5 heteroatoms. The topological polar surface area (TPSA) is 60.2 Å². The van der Waals surface area contributed by atoms with E-state index in [1.54, 1.807) is 7.11 Å². The van der Waals surface area contributed by atoms with Gasteiger partial charge in [0.05, 0.1) is 7.11 Å². The summed E-state index contributed by atoms with van der Waals surface area (Å²) < 4.78 is 7.30. The molecule has 2 heterocycles. The van der Waals surface area contributed by atoms with Gasteiger partial charge < -0.3 is 9.84 Å². The maximum Gasteiger partial charge on any atom is 0.155 e. The van der Waals surface area contributed by atoms with E-state index in [0.29, 0.717) is 12.3 Å². The average Bonchev–Trinajstić information content (AvgIpc) is 2.89. The molecule has 2 aromatic rings. The van der Waals surface area contributed by atoms with E-state index in [0.717, 1.165) is 42.3 Å². The minimum atomic E-state index is 0.223. The van der Waals surface area contributed by atoms with Crippen LogP contribution in [0.3, 0.4) is 0 Å². The summed E-state index contributed by atoms with van der Waals surface area (Å²) in [4.78, 5) is 4.60. The molecule has 0 aliphatic carbocycles. The molecule has 0 fully saturated rings. The maximum absolute atomic E-state index is 9.25. The Morgan fingerprint density at radius 1 is 1.40 bits per heavy atom. The van der Waals surface area contributed by atoms with Crippen LogP contribution in [0.2, 0.25) is 0 Å². The molecule has 0 spiro atoms. The van der Waals surface area contributed by atoms with Gasteiger partial charge in [0.2, 0.25) is 0 Å². The number of aryl methyl sites for hydroxylation is 1. The van der Waals surface area contributed by atoms with E-state index in [9.17, 15) is 5.11 Å². The van der Waals surface area contributed by atoms with Gasteiger partial charge in [0, 0.05) is 37.5 Å². The molecule has 3 rings (SSSR count). The summed E-state index contributed by atoms with van der Waals surface area (Å²) in [5.74, 6) is 3.03. The molecule has 0 bridgehead atoms. The summed E-state index contributed by atoms with van der Waals surface area (Å²) in [5, 5.41) is 13.8. The van der Waals surface area contributed by atoms with Crippen LogP contribution in [-0.2, 0) is 19.4 Å². The van der Waals surface area contributed by atoms with E-state index in [-0.39, 0.29) is 6.61 Å². The highest BCUT2D eigenvalue weighted by Crippen LogP contribution is 2.22. The Kier molecular flexibility index (Phi) is 3.69. The third-order valence-corrected chi connectivity index (χ3v) is 3.80. The lowest BCUT2D eigenvalue weighted by molar-refractivity contribution is 0.185. The predicted molar refractivity (Wildman–Crippen MR) is 74.7 cm³/mol. The van der Waals surface area contributed by atoms with Crippen molar-refractivity contribution >= 4 is 0 Å². The number of fused-ring (bicyclic) bond motifs is 1. The quantitative estimate of drug-likeness (QED) is 0.915. The first-order chi connectivity index (χ1) is 9.80. The molecule has 1 aromatic heterocycles. The van der Waals surface area contributed by atoms with E-state index in [1.165, 1.54) is 0 Å². The molecule has 5 nitrogen and oxygen atoms in total. The lowest BCUT2D eigenvalue weighted by Crippen LogP contribution is -2.23.